The topological polar surface area (TPSA) is 75.4 Å². The fraction of sp³-hybridized carbons (Fsp3) is 0.308. The molecule has 0 saturated heterocycles. The highest BCUT2D eigenvalue weighted by molar-refractivity contribution is 7.89. The number of rotatable bonds is 5. The summed E-state index contributed by atoms with van der Waals surface area (Å²) in [6.45, 7) is 1.81. The lowest BCUT2D eigenvalue weighted by Crippen LogP contribution is -2.29. The van der Waals surface area contributed by atoms with Crippen molar-refractivity contribution in [3.63, 3.8) is 0 Å². The Kier molecular flexibility index (Phi) is 4.22. The Bertz CT molecular complexity index is 677. The number of aromatic nitrogens is 2. The number of hydrogen-bond donors (Lipinski definition) is 1. The molecule has 6 nitrogen and oxygen atoms in total. The number of aliphatic hydroxyl groups is 1. The zero-order chi connectivity index (χ0) is 14.8. The highest BCUT2D eigenvalue weighted by Crippen LogP contribution is 2.16. The number of sulfonamides is 1. The summed E-state index contributed by atoms with van der Waals surface area (Å²) in [5.74, 6) is 0. The Hall–Kier alpha value is -1.70. The summed E-state index contributed by atoms with van der Waals surface area (Å²) in [5, 5.41) is 12.9. The number of hydrogen-bond acceptors (Lipinski definition) is 4. The smallest absolute Gasteiger partial charge is 0.246 e. The van der Waals surface area contributed by atoms with E-state index in [1.54, 1.807) is 0 Å². The van der Waals surface area contributed by atoms with Gasteiger partial charge in [-0.1, -0.05) is 17.7 Å². The van der Waals surface area contributed by atoms with E-state index in [1.165, 1.54) is 24.1 Å². The minimum absolute atomic E-state index is 0.0536. The van der Waals surface area contributed by atoms with Crippen molar-refractivity contribution in [1.82, 2.24) is 14.1 Å². The molecule has 2 rings (SSSR count). The highest BCUT2D eigenvalue weighted by Gasteiger charge is 2.22. The van der Waals surface area contributed by atoms with Gasteiger partial charge < -0.3 is 5.11 Å². The molecule has 0 radical (unpaired) electrons. The predicted octanol–water partition coefficient (Wildman–Crippen LogP) is 0.794. The molecule has 108 valence electrons. The van der Waals surface area contributed by atoms with Crippen LogP contribution >= 0.6 is 0 Å². The molecule has 2 aromatic rings. The molecular weight excluding hydrogens is 278 g/mol. The molecule has 1 heterocycles. The molecule has 0 unspecified atom stereocenters. The van der Waals surface area contributed by atoms with Crippen LogP contribution in [0.2, 0.25) is 0 Å². The minimum atomic E-state index is -3.61. The van der Waals surface area contributed by atoms with Gasteiger partial charge in [-0.15, -0.1) is 0 Å². The number of benzene rings is 1. The summed E-state index contributed by atoms with van der Waals surface area (Å²) >= 11 is 0. The third kappa shape index (κ3) is 2.90. The van der Waals surface area contributed by atoms with E-state index < -0.39 is 10.0 Å². The second-order valence-corrected chi connectivity index (χ2v) is 6.55. The minimum Gasteiger partial charge on any atom is -0.395 e. The van der Waals surface area contributed by atoms with Crippen LogP contribution in [-0.2, 0) is 10.0 Å². The van der Waals surface area contributed by atoms with Gasteiger partial charge in [-0.25, -0.2) is 13.1 Å². The maximum Gasteiger partial charge on any atom is 0.246 e. The predicted molar refractivity (Wildman–Crippen MR) is 75.2 cm³/mol. The molecule has 0 amide bonds. The number of aryl methyl sites for hydroxylation is 1. The first-order valence-corrected chi connectivity index (χ1v) is 7.58. The summed E-state index contributed by atoms with van der Waals surface area (Å²) in [6, 6.07) is 7.61. The highest BCUT2D eigenvalue weighted by atomic mass is 32.2. The van der Waals surface area contributed by atoms with Crippen molar-refractivity contribution >= 4 is 10.0 Å². The Labute approximate surface area is 118 Å². The standard InChI is InChI=1S/C13H17N3O3S/c1-11-3-5-12(6-4-11)16-10-13(9-14-16)20(18,19)15(2)7-8-17/h3-6,9-10,17H,7-8H2,1-2H3. The molecule has 20 heavy (non-hydrogen) atoms. The Morgan fingerprint density at radius 3 is 2.55 bits per heavy atom. The first kappa shape index (κ1) is 14.7. The fourth-order valence-corrected chi connectivity index (χ4v) is 2.81. The van der Waals surface area contributed by atoms with Crippen molar-refractivity contribution in [2.24, 2.45) is 0 Å². The molecule has 0 bridgehead atoms. The van der Waals surface area contributed by atoms with Gasteiger partial charge in [-0.2, -0.15) is 9.40 Å². The Morgan fingerprint density at radius 1 is 1.30 bits per heavy atom. The maximum absolute atomic E-state index is 12.2. The molecule has 1 N–H and O–H groups in total. The molecule has 0 fully saturated rings. The van der Waals surface area contributed by atoms with Crippen LogP contribution in [0, 0.1) is 6.92 Å². The van der Waals surface area contributed by atoms with Crippen LogP contribution in [0.25, 0.3) is 5.69 Å². The zero-order valence-electron chi connectivity index (χ0n) is 11.4. The maximum atomic E-state index is 12.2. The van der Waals surface area contributed by atoms with Crippen LogP contribution in [0.15, 0.2) is 41.6 Å². The van der Waals surface area contributed by atoms with E-state index in [4.69, 9.17) is 5.11 Å². The van der Waals surface area contributed by atoms with Gasteiger partial charge in [0.05, 0.1) is 24.7 Å². The van der Waals surface area contributed by atoms with Crippen molar-refractivity contribution in [3.8, 4) is 5.69 Å². The first-order chi connectivity index (χ1) is 9.45. The van der Waals surface area contributed by atoms with Gasteiger partial charge >= 0.3 is 0 Å². The van der Waals surface area contributed by atoms with Crippen LogP contribution < -0.4 is 0 Å². The van der Waals surface area contributed by atoms with Gasteiger partial charge in [0.15, 0.2) is 0 Å². The number of aliphatic hydroxyl groups excluding tert-OH is 1. The van der Waals surface area contributed by atoms with E-state index in [-0.39, 0.29) is 18.0 Å². The Balaban J connectivity index is 2.31. The van der Waals surface area contributed by atoms with Crippen molar-refractivity contribution in [1.29, 1.82) is 0 Å². The van der Waals surface area contributed by atoms with Gasteiger partial charge in [-0.05, 0) is 19.1 Å². The lowest BCUT2D eigenvalue weighted by Gasteiger charge is -2.13. The molecule has 0 spiro atoms. The van der Waals surface area contributed by atoms with E-state index in [2.05, 4.69) is 5.10 Å². The first-order valence-electron chi connectivity index (χ1n) is 6.14. The van der Waals surface area contributed by atoms with Crippen LogP contribution in [0.3, 0.4) is 0 Å². The molecule has 7 heteroatoms. The zero-order valence-corrected chi connectivity index (χ0v) is 12.2. The van der Waals surface area contributed by atoms with Crippen LogP contribution in [-0.4, -0.2) is 47.8 Å². The monoisotopic (exact) mass is 295 g/mol. The lowest BCUT2D eigenvalue weighted by atomic mass is 10.2. The van der Waals surface area contributed by atoms with E-state index in [1.807, 2.05) is 31.2 Å². The molecule has 1 aromatic carbocycles. The summed E-state index contributed by atoms with van der Waals surface area (Å²) < 4.78 is 27.0. The Morgan fingerprint density at radius 2 is 1.95 bits per heavy atom. The van der Waals surface area contributed by atoms with Gasteiger partial charge in [0.2, 0.25) is 10.0 Å². The van der Waals surface area contributed by atoms with E-state index in [0.29, 0.717) is 0 Å². The van der Waals surface area contributed by atoms with Crippen LogP contribution in [0.5, 0.6) is 0 Å². The summed E-state index contributed by atoms with van der Waals surface area (Å²) in [4.78, 5) is 0.106. The van der Waals surface area contributed by atoms with Crippen molar-refractivity contribution in [2.45, 2.75) is 11.8 Å². The molecule has 0 atom stereocenters. The fourth-order valence-electron chi connectivity index (χ4n) is 1.72. The van der Waals surface area contributed by atoms with Crippen LogP contribution in [0.4, 0.5) is 0 Å². The van der Waals surface area contributed by atoms with E-state index in [9.17, 15) is 8.42 Å². The number of nitrogens with zero attached hydrogens (tertiary/aromatic N) is 3. The van der Waals surface area contributed by atoms with Crippen molar-refractivity contribution < 1.29 is 13.5 Å². The molecule has 0 aliphatic carbocycles. The second kappa shape index (κ2) is 5.74. The quantitative estimate of drug-likeness (QED) is 0.885. The average Bonchev–Trinajstić information content (AvgIpc) is 2.90. The molecule has 0 aliphatic rings. The SMILES string of the molecule is Cc1ccc(-n2cc(S(=O)(=O)N(C)CCO)cn2)cc1. The van der Waals surface area contributed by atoms with E-state index in [0.717, 1.165) is 15.6 Å². The molecule has 0 aliphatic heterocycles. The van der Waals surface area contributed by atoms with Crippen LogP contribution in [0.1, 0.15) is 5.56 Å². The summed E-state index contributed by atoms with van der Waals surface area (Å²) in [7, 11) is -2.18. The third-order valence-corrected chi connectivity index (χ3v) is 4.79. The molecule has 1 aromatic heterocycles. The normalized spacial score (nSPS) is 12.0. The van der Waals surface area contributed by atoms with Crippen molar-refractivity contribution in [3.05, 3.63) is 42.2 Å². The lowest BCUT2D eigenvalue weighted by molar-refractivity contribution is 0.266. The second-order valence-electron chi connectivity index (χ2n) is 4.51. The van der Waals surface area contributed by atoms with Gasteiger partial charge in [-0.3, -0.25) is 0 Å². The molecule has 0 saturated carbocycles. The summed E-state index contributed by atoms with van der Waals surface area (Å²) in [6.07, 6.45) is 2.77. The summed E-state index contributed by atoms with van der Waals surface area (Å²) in [5.41, 5.74) is 1.92. The van der Waals surface area contributed by atoms with Crippen molar-refractivity contribution in [2.75, 3.05) is 20.2 Å². The average molecular weight is 295 g/mol. The third-order valence-electron chi connectivity index (χ3n) is 2.98. The van der Waals surface area contributed by atoms with Gasteiger partial charge in [0.1, 0.15) is 4.90 Å². The molecular formula is C13H17N3O3S. The largest absolute Gasteiger partial charge is 0.395 e. The number of likely N-dealkylation sites (N-methyl/N-ethyl adjacent to an activating group) is 1. The van der Waals surface area contributed by atoms with E-state index >= 15 is 0 Å². The van der Waals surface area contributed by atoms with Gasteiger partial charge in [0.25, 0.3) is 0 Å². The van der Waals surface area contributed by atoms with Gasteiger partial charge in [0, 0.05) is 13.6 Å².